The van der Waals surface area contributed by atoms with Gasteiger partial charge in [0.1, 0.15) is 0 Å². The molecular formula is C18H24N4O. The van der Waals surface area contributed by atoms with Crippen LogP contribution < -0.4 is 5.32 Å². The molecule has 5 heteroatoms. The van der Waals surface area contributed by atoms with E-state index in [0.29, 0.717) is 18.2 Å². The van der Waals surface area contributed by atoms with E-state index in [1.165, 1.54) is 19.3 Å². The van der Waals surface area contributed by atoms with Crippen LogP contribution in [0, 0.1) is 17.8 Å². The van der Waals surface area contributed by atoms with E-state index >= 15 is 0 Å². The van der Waals surface area contributed by atoms with E-state index in [2.05, 4.69) is 36.2 Å². The summed E-state index contributed by atoms with van der Waals surface area (Å²) >= 11 is 0. The predicted octanol–water partition coefficient (Wildman–Crippen LogP) is 3.40. The topological polar surface area (TPSA) is 59.3 Å². The molecule has 4 rings (SSSR count). The van der Waals surface area contributed by atoms with E-state index in [1.54, 1.807) is 10.7 Å². The number of carbonyl (C=O) groups is 1. The quantitative estimate of drug-likeness (QED) is 0.945. The predicted molar refractivity (Wildman–Crippen MR) is 89.3 cm³/mol. The van der Waals surface area contributed by atoms with E-state index in [1.807, 2.05) is 12.3 Å². The first-order valence-electron chi connectivity index (χ1n) is 8.57. The molecule has 5 nitrogen and oxygen atoms in total. The van der Waals surface area contributed by atoms with Crippen LogP contribution in [0.25, 0.3) is 5.65 Å². The third-order valence-electron chi connectivity index (χ3n) is 5.34. The van der Waals surface area contributed by atoms with Crippen LogP contribution in [-0.4, -0.2) is 20.5 Å². The third kappa shape index (κ3) is 2.62. The summed E-state index contributed by atoms with van der Waals surface area (Å²) in [5.41, 5.74) is 1.69. The number of hydrogen-bond donors (Lipinski definition) is 1. The second-order valence-corrected chi connectivity index (χ2v) is 8.11. The fourth-order valence-electron chi connectivity index (χ4n) is 4.16. The van der Waals surface area contributed by atoms with Crippen molar-refractivity contribution in [1.29, 1.82) is 0 Å². The van der Waals surface area contributed by atoms with Gasteiger partial charge in [0.25, 0.3) is 0 Å². The van der Waals surface area contributed by atoms with Crippen molar-refractivity contribution >= 4 is 17.4 Å². The number of anilines is 1. The summed E-state index contributed by atoms with van der Waals surface area (Å²) in [5.74, 6) is 3.05. The normalized spacial score (nSPS) is 26.3. The van der Waals surface area contributed by atoms with Gasteiger partial charge >= 0.3 is 0 Å². The first-order valence-corrected chi connectivity index (χ1v) is 8.57. The molecule has 0 aliphatic heterocycles. The van der Waals surface area contributed by atoms with Gasteiger partial charge in [-0.05, 0) is 48.5 Å². The molecule has 0 saturated heterocycles. The largest absolute Gasteiger partial charge is 0.309 e. The van der Waals surface area contributed by atoms with Crippen molar-refractivity contribution in [2.24, 2.45) is 17.8 Å². The Hall–Kier alpha value is -1.91. The van der Waals surface area contributed by atoms with Crippen LogP contribution in [-0.2, 0) is 10.2 Å². The molecule has 3 atom stereocenters. The Morgan fingerprint density at radius 1 is 1.39 bits per heavy atom. The van der Waals surface area contributed by atoms with Gasteiger partial charge in [-0.25, -0.2) is 9.50 Å². The van der Waals surface area contributed by atoms with Gasteiger partial charge in [-0.15, -0.1) is 5.10 Å². The summed E-state index contributed by atoms with van der Waals surface area (Å²) < 4.78 is 1.75. The van der Waals surface area contributed by atoms with E-state index in [-0.39, 0.29) is 11.3 Å². The molecule has 1 N–H and O–H groups in total. The minimum atomic E-state index is -0.131. The van der Waals surface area contributed by atoms with Crippen LogP contribution in [0.2, 0.25) is 0 Å². The molecular weight excluding hydrogens is 288 g/mol. The third-order valence-corrected chi connectivity index (χ3v) is 5.34. The smallest absolute Gasteiger partial charge is 0.225 e. The highest BCUT2D eigenvalue weighted by Crippen LogP contribution is 2.56. The zero-order valence-electron chi connectivity index (χ0n) is 14.0. The number of amides is 1. The van der Waals surface area contributed by atoms with Crippen molar-refractivity contribution in [2.45, 2.75) is 51.9 Å². The number of nitrogens with one attached hydrogen (secondary N) is 1. The van der Waals surface area contributed by atoms with Crippen molar-refractivity contribution < 1.29 is 4.79 Å². The Labute approximate surface area is 136 Å². The second-order valence-electron chi connectivity index (χ2n) is 8.11. The monoisotopic (exact) mass is 312 g/mol. The van der Waals surface area contributed by atoms with Crippen LogP contribution >= 0.6 is 0 Å². The molecule has 2 fully saturated rings. The Kier molecular flexibility index (Phi) is 3.22. The van der Waals surface area contributed by atoms with E-state index < -0.39 is 0 Å². The molecule has 0 radical (unpaired) electrons. The average Bonchev–Trinajstić information content (AvgIpc) is 3.00. The molecule has 2 heterocycles. The fraction of sp³-hybridized carbons (Fsp3) is 0.611. The Bertz CT molecular complexity index is 758. The summed E-state index contributed by atoms with van der Waals surface area (Å²) in [6.45, 7) is 6.38. The van der Waals surface area contributed by atoms with E-state index in [4.69, 9.17) is 0 Å². The number of carbonyl (C=O) groups excluding carboxylic acids is 1. The number of nitrogens with zero attached hydrogens (tertiary/aromatic N) is 3. The maximum absolute atomic E-state index is 12.5. The molecule has 23 heavy (non-hydrogen) atoms. The van der Waals surface area contributed by atoms with Crippen LogP contribution in [0.5, 0.6) is 0 Å². The van der Waals surface area contributed by atoms with Crippen molar-refractivity contribution in [3.63, 3.8) is 0 Å². The summed E-state index contributed by atoms with van der Waals surface area (Å²) in [6.07, 6.45) is 8.13. The van der Waals surface area contributed by atoms with Gasteiger partial charge in [-0.1, -0.05) is 20.8 Å². The van der Waals surface area contributed by atoms with Crippen LogP contribution in [0.4, 0.5) is 5.82 Å². The zero-order valence-corrected chi connectivity index (χ0v) is 14.0. The molecule has 2 aromatic rings. The van der Waals surface area contributed by atoms with Crippen molar-refractivity contribution in [2.75, 3.05) is 5.32 Å². The molecule has 0 bridgehead atoms. The van der Waals surface area contributed by atoms with Crippen LogP contribution in [0.1, 0.15) is 52.0 Å². The van der Waals surface area contributed by atoms with Crippen molar-refractivity contribution in [3.05, 3.63) is 24.0 Å². The highest BCUT2D eigenvalue weighted by molar-refractivity contribution is 5.92. The summed E-state index contributed by atoms with van der Waals surface area (Å²) in [5, 5.41) is 7.61. The number of hydrogen-bond acceptors (Lipinski definition) is 3. The van der Waals surface area contributed by atoms with Crippen molar-refractivity contribution in [3.8, 4) is 0 Å². The zero-order chi connectivity index (χ0) is 16.2. The van der Waals surface area contributed by atoms with Gasteiger partial charge in [0.15, 0.2) is 11.5 Å². The molecule has 3 unspecified atom stereocenters. The Balaban J connectivity index is 1.59. The maximum Gasteiger partial charge on any atom is 0.225 e. The van der Waals surface area contributed by atoms with Crippen LogP contribution in [0.3, 0.4) is 0 Å². The molecule has 0 spiro atoms. The Morgan fingerprint density at radius 3 is 2.87 bits per heavy atom. The lowest BCUT2D eigenvalue weighted by Crippen LogP contribution is -2.20. The SMILES string of the molecule is CC(C)(C)c1c(NC(=O)CC2CCC3CC23)nn2cccnc12. The van der Waals surface area contributed by atoms with Crippen LogP contribution in [0.15, 0.2) is 18.5 Å². The lowest BCUT2D eigenvalue weighted by molar-refractivity contribution is -0.117. The first-order chi connectivity index (χ1) is 10.9. The lowest BCUT2D eigenvalue weighted by Gasteiger charge is -2.19. The second kappa shape index (κ2) is 5.05. The fourth-order valence-corrected chi connectivity index (χ4v) is 4.16. The highest BCUT2D eigenvalue weighted by atomic mass is 16.1. The first kappa shape index (κ1) is 14.7. The molecule has 122 valence electrons. The summed E-state index contributed by atoms with van der Waals surface area (Å²) in [4.78, 5) is 17.0. The van der Waals surface area contributed by atoms with E-state index in [9.17, 15) is 4.79 Å². The van der Waals surface area contributed by atoms with Crippen molar-refractivity contribution in [1.82, 2.24) is 14.6 Å². The number of rotatable bonds is 3. The average molecular weight is 312 g/mol. The van der Waals surface area contributed by atoms with E-state index in [0.717, 1.165) is 23.0 Å². The molecule has 2 aromatic heterocycles. The summed E-state index contributed by atoms with van der Waals surface area (Å²) in [6, 6.07) is 1.85. The molecule has 1 amide bonds. The lowest BCUT2D eigenvalue weighted by atomic mass is 9.88. The van der Waals surface area contributed by atoms with Gasteiger partial charge in [0.05, 0.1) is 0 Å². The molecule has 2 aliphatic rings. The maximum atomic E-state index is 12.5. The van der Waals surface area contributed by atoms with Gasteiger partial charge in [-0.2, -0.15) is 0 Å². The highest BCUT2D eigenvalue weighted by Gasteiger charge is 2.48. The molecule has 2 saturated carbocycles. The molecule has 0 aromatic carbocycles. The summed E-state index contributed by atoms with van der Waals surface area (Å²) in [7, 11) is 0. The van der Waals surface area contributed by atoms with Gasteiger partial charge in [0.2, 0.25) is 5.91 Å². The minimum Gasteiger partial charge on any atom is -0.309 e. The molecule has 2 aliphatic carbocycles. The van der Waals surface area contributed by atoms with Gasteiger partial charge < -0.3 is 5.32 Å². The number of fused-ring (bicyclic) bond motifs is 2. The Morgan fingerprint density at radius 2 is 2.22 bits per heavy atom. The number of aromatic nitrogens is 3. The standard InChI is InChI=1S/C18H24N4O/c1-18(2,3)15-16(21-22-8-4-7-19-17(15)22)20-14(23)10-12-6-5-11-9-13(11)12/h4,7-8,11-13H,5-6,9-10H2,1-3H3,(H,20,21,23). The van der Waals surface area contributed by atoms with Gasteiger partial charge in [0, 0.05) is 24.4 Å². The minimum absolute atomic E-state index is 0.0939. The van der Waals surface area contributed by atoms with Gasteiger partial charge in [-0.3, -0.25) is 4.79 Å².